The molecule has 3 aromatic rings. The number of H-pyrrole nitrogens is 1. The van der Waals surface area contributed by atoms with Gasteiger partial charge in [-0.3, -0.25) is 4.90 Å². The number of methoxy groups -OCH3 is 1. The molecule has 0 atom stereocenters. The Balaban J connectivity index is 0.000000243. The molecule has 2 heterocycles. The van der Waals surface area contributed by atoms with Gasteiger partial charge in [-0.2, -0.15) is 0 Å². The summed E-state index contributed by atoms with van der Waals surface area (Å²) < 4.78 is 11.4. The minimum Gasteiger partial charge on any atom is -0.496 e. The lowest BCUT2D eigenvalue weighted by Crippen LogP contribution is -2.36. The van der Waals surface area contributed by atoms with Crippen LogP contribution >= 0.6 is 0 Å². The van der Waals surface area contributed by atoms with E-state index in [1.54, 1.807) is 25.3 Å². The lowest BCUT2D eigenvalue weighted by Gasteiger charge is -2.32. The Bertz CT molecular complexity index is 1040. The number of carboxylic acids is 1. The topological polar surface area (TPSA) is 101 Å². The monoisotopic (exact) mass is 439 g/mol. The molecular formula is C25H33N3O4. The second-order valence-electron chi connectivity index (χ2n) is 7.96. The molecule has 1 saturated heterocycles. The summed E-state index contributed by atoms with van der Waals surface area (Å²) in [6.45, 7) is 8.14. The smallest absolute Gasteiger partial charge is 0.337 e. The van der Waals surface area contributed by atoms with E-state index in [2.05, 4.69) is 35.9 Å². The number of fused-ring (bicyclic) bond motifs is 1. The van der Waals surface area contributed by atoms with E-state index in [4.69, 9.17) is 20.3 Å². The number of anilines is 1. The molecule has 0 amide bonds. The van der Waals surface area contributed by atoms with Crippen LogP contribution in [0, 0.1) is 6.92 Å². The normalized spacial score (nSPS) is 14.7. The first-order valence-corrected chi connectivity index (χ1v) is 11.0. The number of piperidine rings is 1. The van der Waals surface area contributed by atoms with Gasteiger partial charge >= 0.3 is 5.97 Å². The third-order valence-electron chi connectivity index (χ3n) is 5.84. The summed E-state index contributed by atoms with van der Waals surface area (Å²) in [7, 11) is 1.76. The number of hydrogen-bond donors (Lipinski definition) is 3. The zero-order chi connectivity index (χ0) is 23.1. The molecule has 32 heavy (non-hydrogen) atoms. The number of hydrogen-bond acceptors (Lipinski definition) is 5. The summed E-state index contributed by atoms with van der Waals surface area (Å²) in [5.41, 5.74) is 9.54. The first kappa shape index (κ1) is 23.6. The number of aryl methyl sites for hydroxylation is 1. The van der Waals surface area contributed by atoms with Crippen LogP contribution in [0.1, 0.15) is 41.3 Å². The van der Waals surface area contributed by atoms with E-state index in [1.165, 1.54) is 28.1 Å². The van der Waals surface area contributed by atoms with Crippen LogP contribution in [0.15, 0.2) is 42.6 Å². The van der Waals surface area contributed by atoms with Crippen LogP contribution in [0.3, 0.4) is 0 Å². The summed E-state index contributed by atoms with van der Waals surface area (Å²) in [6, 6.07) is 10.7. The van der Waals surface area contributed by atoms with Crippen LogP contribution in [-0.4, -0.2) is 53.9 Å². The van der Waals surface area contributed by atoms with Crippen LogP contribution in [0.25, 0.3) is 10.9 Å². The minimum absolute atomic E-state index is 0.155. The Kier molecular flexibility index (Phi) is 8.14. The largest absolute Gasteiger partial charge is 0.496 e. The molecule has 7 nitrogen and oxygen atoms in total. The predicted octanol–water partition coefficient (Wildman–Crippen LogP) is 4.45. The molecule has 0 aliphatic carbocycles. The number of benzene rings is 2. The van der Waals surface area contributed by atoms with E-state index in [0.717, 1.165) is 44.8 Å². The van der Waals surface area contributed by atoms with Crippen molar-refractivity contribution in [2.45, 2.75) is 39.3 Å². The van der Waals surface area contributed by atoms with E-state index >= 15 is 0 Å². The average Bonchev–Trinajstić information content (AvgIpc) is 3.28. The molecule has 0 bridgehead atoms. The molecular weight excluding hydrogens is 406 g/mol. The van der Waals surface area contributed by atoms with Crippen LogP contribution in [0.4, 0.5) is 5.69 Å². The number of nitrogens with zero attached hydrogens (tertiary/aromatic N) is 1. The zero-order valence-corrected chi connectivity index (χ0v) is 19.1. The molecule has 1 fully saturated rings. The fourth-order valence-electron chi connectivity index (χ4n) is 4.17. The van der Waals surface area contributed by atoms with Crippen molar-refractivity contribution in [3.8, 4) is 5.75 Å². The van der Waals surface area contributed by atoms with Crippen LogP contribution in [0.5, 0.6) is 5.75 Å². The van der Waals surface area contributed by atoms with Gasteiger partial charge in [0.25, 0.3) is 0 Å². The Morgan fingerprint density at radius 1 is 1.25 bits per heavy atom. The van der Waals surface area contributed by atoms with Crippen molar-refractivity contribution >= 4 is 22.6 Å². The molecule has 1 aliphatic rings. The van der Waals surface area contributed by atoms with Crippen molar-refractivity contribution < 1.29 is 19.4 Å². The number of ether oxygens (including phenoxy) is 2. The molecule has 0 unspecified atom stereocenters. The predicted molar refractivity (Wildman–Crippen MR) is 127 cm³/mol. The first-order chi connectivity index (χ1) is 15.4. The number of likely N-dealkylation sites (tertiary alicyclic amines) is 1. The van der Waals surface area contributed by atoms with Gasteiger partial charge in [-0.1, -0.05) is 12.1 Å². The second-order valence-corrected chi connectivity index (χ2v) is 7.96. The average molecular weight is 440 g/mol. The van der Waals surface area contributed by atoms with Crippen molar-refractivity contribution in [2.24, 2.45) is 0 Å². The van der Waals surface area contributed by atoms with Gasteiger partial charge in [-0.15, -0.1) is 0 Å². The molecule has 172 valence electrons. The van der Waals surface area contributed by atoms with Gasteiger partial charge in [0.05, 0.1) is 18.8 Å². The van der Waals surface area contributed by atoms with Gasteiger partial charge in [-0.05, 0) is 56.5 Å². The molecule has 0 radical (unpaired) electrons. The fraction of sp³-hybridized carbons (Fsp3) is 0.400. The first-order valence-electron chi connectivity index (χ1n) is 11.0. The maximum atomic E-state index is 10.3. The molecule has 1 aromatic heterocycles. The van der Waals surface area contributed by atoms with Gasteiger partial charge in [0.1, 0.15) is 5.75 Å². The Morgan fingerprint density at radius 2 is 1.97 bits per heavy atom. The lowest BCUT2D eigenvalue weighted by molar-refractivity contribution is 0.0125. The number of rotatable bonds is 6. The number of carbonyl (C=O) groups is 1. The van der Waals surface area contributed by atoms with Crippen molar-refractivity contribution in [3.63, 3.8) is 0 Å². The number of aromatic carboxylic acids is 1. The maximum Gasteiger partial charge on any atom is 0.337 e. The molecule has 7 heteroatoms. The standard InChI is InChI=1S/C18H26N2O2.C7H7NO2/c1-4-22-14-6-9-20(10-7-14)12-16-15-5-8-19-18(15)13(2)11-17(16)21-3;8-6-4-2-1-3-5(6)7(9)10/h5,8,11,14,19H,4,6-7,9-10,12H2,1-3H3;1-4H,8H2,(H,9,10). The summed E-state index contributed by atoms with van der Waals surface area (Å²) in [5.74, 6) is 0.00892. The van der Waals surface area contributed by atoms with Gasteiger partial charge in [0.15, 0.2) is 0 Å². The van der Waals surface area contributed by atoms with E-state index < -0.39 is 5.97 Å². The molecule has 0 spiro atoms. The Labute approximate surface area is 189 Å². The van der Waals surface area contributed by atoms with E-state index in [9.17, 15) is 4.79 Å². The molecule has 1 aliphatic heterocycles. The molecule has 4 N–H and O–H groups in total. The van der Waals surface area contributed by atoms with Gasteiger partial charge in [-0.25, -0.2) is 4.79 Å². The number of para-hydroxylation sites is 1. The van der Waals surface area contributed by atoms with Gasteiger partial charge < -0.3 is 25.3 Å². The van der Waals surface area contributed by atoms with Crippen molar-refractivity contribution in [2.75, 3.05) is 32.5 Å². The number of carboxylic acid groups (broad SMARTS) is 1. The number of aromatic nitrogens is 1. The van der Waals surface area contributed by atoms with Crippen molar-refractivity contribution in [1.29, 1.82) is 0 Å². The highest BCUT2D eigenvalue weighted by Crippen LogP contribution is 2.32. The van der Waals surface area contributed by atoms with Crippen molar-refractivity contribution in [1.82, 2.24) is 9.88 Å². The number of nitrogen functional groups attached to an aromatic ring is 1. The lowest BCUT2D eigenvalue weighted by atomic mass is 10.0. The summed E-state index contributed by atoms with van der Waals surface area (Å²) >= 11 is 0. The second kappa shape index (κ2) is 11.0. The number of nitrogens with two attached hydrogens (primary N) is 1. The quantitative estimate of drug-likeness (QED) is 0.491. The zero-order valence-electron chi connectivity index (χ0n) is 19.1. The highest BCUT2D eigenvalue weighted by atomic mass is 16.5. The highest BCUT2D eigenvalue weighted by Gasteiger charge is 2.21. The SMILES string of the molecule is CCOC1CCN(Cc2c(OC)cc(C)c3[nH]ccc23)CC1.Nc1ccccc1C(=O)O. The number of aromatic amines is 1. The molecule has 2 aromatic carbocycles. The third kappa shape index (κ3) is 5.60. The summed E-state index contributed by atoms with van der Waals surface area (Å²) in [4.78, 5) is 16.2. The Morgan fingerprint density at radius 3 is 2.56 bits per heavy atom. The third-order valence-corrected chi connectivity index (χ3v) is 5.84. The minimum atomic E-state index is -0.988. The van der Waals surface area contributed by atoms with E-state index in [0.29, 0.717) is 11.8 Å². The Hall–Kier alpha value is -3.03. The maximum absolute atomic E-state index is 10.3. The van der Waals surface area contributed by atoms with Crippen LogP contribution < -0.4 is 10.5 Å². The van der Waals surface area contributed by atoms with Gasteiger partial charge in [0, 0.05) is 54.6 Å². The van der Waals surface area contributed by atoms with Crippen molar-refractivity contribution in [3.05, 3.63) is 59.3 Å². The highest BCUT2D eigenvalue weighted by molar-refractivity contribution is 5.93. The summed E-state index contributed by atoms with van der Waals surface area (Å²) in [5, 5.41) is 9.77. The van der Waals surface area contributed by atoms with E-state index in [-0.39, 0.29) is 5.56 Å². The fourth-order valence-corrected chi connectivity index (χ4v) is 4.17. The van der Waals surface area contributed by atoms with Crippen LogP contribution in [-0.2, 0) is 11.3 Å². The van der Waals surface area contributed by atoms with E-state index in [1.807, 2.05) is 6.20 Å². The summed E-state index contributed by atoms with van der Waals surface area (Å²) in [6.07, 6.45) is 4.70. The molecule has 4 rings (SSSR count). The number of nitrogens with one attached hydrogen (secondary N) is 1. The molecule has 0 saturated carbocycles. The van der Waals surface area contributed by atoms with Crippen LogP contribution in [0.2, 0.25) is 0 Å². The van der Waals surface area contributed by atoms with Gasteiger partial charge in [0.2, 0.25) is 0 Å².